The lowest BCUT2D eigenvalue weighted by atomic mass is 10.0. The van der Waals surface area contributed by atoms with Crippen molar-refractivity contribution >= 4 is 11.9 Å². The van der Waals surface area contributed by atoms with Gasteiger partial charge in [-0.25, -0.2) is 0 Å². The number of nitrogens with one attached hydrogen (secondary N) is 1. The average molecular weight is 418 g/mol. The molecular formula is C22H28F2N4O2. The monoisotopic (exact) mass is 418 g/mol. The lowest BCUT2D eigenvalue weighted by Gasteiger charge is -2.30. The first-order chi connectivity index (χ1) is 14.5. The summed E-state index contributed by atoms with van der Waals surface area (Å²) >= 11 is 0. The minimum absolute atomic E-state index is 0.0239. The molecule has 0 aliphatic carbocycles. The maximum Gasteiger partial charge on any atom is 0.270 e. The normalized spacial score (nSPS) is 16.9. The highest BCUT2D eigenvalue weighted by molar-refractivity contribution is 5.72. The van der Waals surface area contributed by atoms with Gasteiger partial charge in [0.15, 0.2) is 6.79 Å². The lowest BCUT2D eigenvalue weighted by molar-refractivity contribution is 0.0227. The highest BCUT2D eigenvalue weighted by Gasteiger charge is 2.18. The van der Waals surface area contributed by atoms with E-state index in [-0.39, 0.29) is 6.79 Å². The summed E-state index contributed by atoms with van der Waals surface area (Å²) in [6, 6.07) is 7.18. The summed E-state index contributed by atoms with van der Waals surface area (Å²) in [4.78, 5) is 2.30. The molecule has 0 saturated carbocycles. The summed E-state index contributed by atoms with van der Waals surface area (Å²) in [5.41, 5.74) is 2.58. The Kier molecular flexibility index (Phi) is 7.70. The zero-order chi connectivity index (χ0) is 21.5. The molecule has 1 saturated heterocycles. The van der Waals surface area contributed by atoms with E-state index >= 15 is 0 Å². The SMILES string of the molecule is CCOCOc1cc(C=C(F)F)ccc1-c1nnc(N[C@@H]2CCCN(C)C2)cc1C. The van der Waals surface area contributed by atoms with Crippen molar-refractivity contribution in [3.05, 3.63) is 41.5 Å². The van der Waals surface area contributed by atoms with Crippen molar-refractivity contribution < 1.29 is 18.3 Å². The Bertz CT molecular complexity index is 887. The minimum Gasteiger partial charge on any atom is -0.467 e. The topological polar surface area (TPSA) is 59.5 Å². The van der Waals surface area contributed by atoms with Crippen molar-refractivity contribution in [3.63, 3.8) is 0 Å². The molecule has 1 fully saturated rings. The second-order valence-corrected chi connectivity index (χ2v) is 7.45. The number of aryl methyl sites for hydroxylation is 1. The molecular weight excluding hydrogens is 390 g/mol. The molecule has 1 aromatic carbocycles. The number of piperidine rings is 1. The summed E-state index contributed by atoms with van der Waals surface area (Å²) in [5.74, 6) is 1.15. The van der Waals surface area contributed by atoms with Gasteiger partial charge in [-0.2, -0.15) is 8.78 Å². The second-order valence-electron chi connectivity index (χ2n) is 7.45. The number of aromatic nitrogens is 2. The summed E-state index contributed by atoms with van der Waals surface area (Å²) in [5, 5.41) is 12.2. The quantitative estimate of drug-likeness (QED) is 0.501. The molecule has 0 amide bonds. The van der Waals surface area contributed by atoms with E-state index in [4.69, 9.17) is 9.47 Å². The number of benzene rings is 1. The summed E-state index contributed by atoms with van der Waals surface area (Å²) < 4.78 is 36.3. The van der Waals surface area contributed by atoms with Gasteiger partial charge >= 0.3 is 0 Å². The number of likely N-dealkylation sites (tertiary alicyclic amines) is 1. The van der Waals surface area contributed by atoms with Crippen LogP contribution < -0.4 is 10.1 Å². The van der Waals surface area contributed by atoms with E-state index in [1.807, 2.05) is 19.9 Å². The van der Waals surface area contributed by atoms with E-state index < -0.39 is 6.08 Å². The molecule has 30 heavy (non-hydrogen) atoms. The van der Waals surface area contributed by atoms with Gasteiger partial charge in [-0.05, 0) is 69.6 Å². The molecule has 3 rings (SSSR count). The Morgan fingerprint density at radius 2 is 2.13 bits per heavy atom. The van der Waals surface area contributed by atoms with Gasteiger partial charge in [0.1, 0.15) is 11.6 Å². The third-order valence-electron chi connectivity index (χ3n) is 5.00. The van der Waals surface area contributed by atoms with Gasteiger partial charge in [0, 0.05) is 30.8 Å². The largest absolute Gasteiger partial charge is 0.467 e. The Balaban J connectivity index is 1.85. The third kappa shape index (κ3) is 5.96. The van der Waals surface area contributed by atoms with Crippen LogP contribution in [0.1, 0.15) is 30.9 Å². The number of hydrogen-bond acceptors (Lipinski definition) is 6. The minimum atomic E-state index is -1.77. The van der Waals surface area contributed by atoms with Crippen LogP contribution in [-0.2, 0) is 4.74 Å². The fraction of sp³-hybridized carbons (Fsp3) is 0.455. The van der Waals surface area contributed by atoms with Crippen molar-refractivity contribution in [3.8, 4) is 17.0 Å². The van der Waals surface area contributed by atoms with Crippen LogP contribution in [0.15, 0.2) is 30.3 Å². The maximum atomic E-state index is 12.7. The fourth-order valence-corrected chi connectivity index (χ4v) is 3.57. The van der Waals surface area contributed by atoms with Gasteiger partial charge in [-0.15, -0.1) is 10.2 Å². The van der Waals surface area contributed by atoms with Gasteiger partial charge in [-0.1, -0.05) is 6.07 Å². The second kappa shape index (κ2) is 10.4. The molecule has 0 spiro atoms. The average Bonchev–Trinajstić information content (AvgIpc) is 2.69. The highest BCUT2D eigenvalue weighted by atomic mass is 19.3. The fourth-order valence-electron chi connectivity index (χ4n) is 3.57. The molecule has 1 atom stereocenters. The molecule has 2 heterocycles. The predicted octanol–water partition coefficient (Wildman–Crippen LogP) is 4.57. The number of rotatable bonds is 8. The lowest BCUT2D eigenvalue weighted by Crippen LogP contribution is -2.39. The zero-order valence-electron chi connectivity index (χ0n) is 17.6. The first-order valence-corrected chi connectivity index (χ1v) is 10.1. The molecule has 8 heteroatoms. The summed E-state index contributed by atoms with van der Waals surface area (Å²) in [6.07, 6.45) is 1.28. The Morgan fingerprint density at radius 1 is 1.30 bits per heavy atom. The summed E-state index contributed by atoms with van der Waals surface area (Å²) in [6.45, 7) is 6.40. The van der Waals surface area contributed by atoms with Gasteiger partial charge in [0.2, 0.25) is 0 Å². The molecule has 2 aromatic rings. The highest BCUT2D eigenvalue weighted by Crippen LogP contribution is 2.33. The van der Waals surface area contributed by atoms with E-state index in [0.29, 0.717) is 35.2 Å². The Morgan fingerprint density at radius 3 is 2.83 bits per heavy atom. The van der Waals surface area contributed by atoms with E-state index in [9.17, 15) is 8.78 Å². The molecule has 0 unspecified atom stereocenters. The van der Waals surface area contributed by atoms with Crippen LogP contribution in [-0.4, -0.2) is 54.7 Å². The van der Waals surface area contributed by atoms with Gasteiger partial charge < -0.3 is 19.7 Å². The van der Waals surface area contributed by atoms with Gasteiger partial charge in [0.25, 0.3) is 6.08 Å². The van der Waals surface area contributed by atoms with E-state index in [0.717, 1.165) is 43.4 Å². The molecule has 1 aromatic heterocycles. The van der Waals surface area contributed by atoms with E-state index in [1.54, 1.807) is 18.2 Å². The number of anilines is 1. The third-order valence-corrected chi connectivity index (χ3v) is 5.00. The summed E-state index contributed by atoms with van der Waals surface area (Å²) in [7, 11) is 2.12. The molecule has 0 bridgehead atoms. The van der Waals surface area contributed by atoms with Crippen LogP contribution in [0.2, 0.25) is 0 Å². The van der Waals surface area contributed by atoms with E-state index in [2.05, 4.69) is 27.5 Å². The number of likely N-dealkylation sites (N-methyl/N-ethyl adjacent to an activating group) is 1. The number of hydrogen-bond donors (Lipinski definition) is 1. The first kappa shape index (κ1) is 22.1. The van der Waals surface area contributed by atoms with Crippen molar-refractivity contribution in [2.24, 2.45) is 0 Å². The maximum absolute atomic E-state index is 12.7. The van der Waals surface area contributed by atoms with Gasteiger partial charge in [-0.3, -0.25) is 0 Å². The van der Waals surface area contributed by atoms with Crippen LogP contribution in [0.3, 0.4) is 0 Å². The van der Waals surface area contributed by atoms with Crippen molar-refractivity contribution in [2.45, 2.75) is 32.7 Å². The number of ether oxygens (including phenoxy) is 2. The standard InChI is InChI=1S/C22H28F2N4O2/c1-4-29-14-30-19-11-16(12-20(23)24)7-8-18(19)22-15(2)10-21(26-27-22)25-17-6-5-9-28(3)13-17/h7-8,10-12,17H,4-6,9,13-14H2,1-3H3,(H,25,26)/t17-/m1/s1. The molecule has 1 N–H and O–H groups in total. The van der Waals surface area contributed by atoms with Crippen LogP contribution in [0.25, 0.3) is 17.3 Å². The van der Waals surface area contributed by atoms with Crippen LogP contribution in [0, 0.1) is 6.92 Å². The molecule has 1 aliphatic heterocycles. The number of nitrogens with zero attached hydrogens (tertiary/aromatic N) is 3. The van der Waals surface area contributed by atoms with Crippen LogP contribution in [0.4, 0.5) is 14.6 Å². The van der Waals surface area contributed by atoms with Crippen molar-refractivity contribution in [1.29, 1.82) is 0 Å². The first-order valence-electron chi connectivity index (χ1n) is 10.1. The van der Waals surface area contributed by atoms with Gasteiger partial charge in [0.05, 0.1) is 5.69 Å². The van der Waals surface area contributed by atoms with Crippen LogP contribution in [0.5, 0.6) is 5.75 Å². The predicted molar refractivity (Wildman–Crippen MR) is 114 cm³/mol. The molecule has 0 radical (unpaired) electrons. The smallest absolute Gasteiger partial charge is 0.270 e. The Hall–Kier alpha value is -2.58. The van der Waals surface area contributed by atoms with Crippen molar-refractivity contribution in [1.82, 2.24) is 15.1 Å². The molecule has 162 valence electrons. The Labute approximate surface area is 175 Å². The molecule has 6 nitrogen and oxygen atoms in total. The zero-order valence-corrected chi connectivity index (χ0v) is 17.6. The number of halogens is 2. The van der Waals surface area contributed by atoms with Crippen LogP contribution >= 0.6 is 0 Å². The molecule has 1 aliphatic rings. The van der Waals surface area contributed by atoms with E-state index in [1.165, 1.54) is 0 Å². The van der Waals surface area contributed by atoms with Crippen molar-refractivity contribution in [2.75, 3.05) is 38.9 Å².